The van der Waals surface area contributed by atoms with Gasteiger partial charge in [-0.15, -0.1) is 0 Å². The minimum atomic E-state index is -1.55. The second kappa shape index (κ2) is 4.18. The average molecular weight is 163 g/mol. The second-order valence-corrected chi connectivity index (χ2v) is 2.08. The number of carbonyl (C=O) groups excluding carboxylic acids is 1. The Bertz CT molecular complexity index is 277. The summed E-state index contributed by atoms with van der Waals surface area (Å²) in [6.45, 7) is 0. The smallest absolute Gasteiger partial charge is 0.400 e. The quantitative estimate of drug-likeness (QED) is 0.495. The summed E-state index contributed by atoms with van der Waals surface area (Å²) < 4.78 is 4.07. The highest BCUT2D eigenvalue weighted by molar-refractivity contribution is 5.59. The van der Waals surface area contributed by atoms with Crippen molar-refractivity contribution in [1.82, 2.24) is 0 Å². The molecule has 0 saturated heterocycles. The van der Waals surface area contributed by atoms with E-state index in [0.717, 1.165) is 11.8 Å². The molecule has 0 spiro atoms. The fourth-order valence-corrected chi connectivity index (χ4v) is 0.732. The number of hydrogen-bond donors (Lipinski definition) is 0. The van der Waals surface area contributed by atoms with E-state index in [9.17, 15) is 9.90 Å². The Morgan fingerprint density at radius 2 is 1.92 bits per heavy atom. The van der Waals surface area contributed by atoms with Gasteiger partial charge in [-0.2, -0.15) is 9.90 Å². The van der Waals surface area contributed by atoms with Crippen LogP contribution in [-0.2, 0) is 9.84 Å². The maximum Gasteiger partial charge on any atom is 0.555 e. The molecule has 3 nitrogen and oxygen atoms in total. The molecule has 0 atom stereocenters. The molecular formula is C9H7O3. The van der Waals surface area contributed by atoms with Crippen molar-refractivity contribution in [3.05, 3.63) is 42.2 Å². The van der Waals surface area contributed by atoms with E-state index in [0.29, 0.717) is 0 Å². The van der Waals surface area contributed by atoms with Crippen LogP contribution in [0.2, 0.25) is 0 Å². The van der Waals surface area contributed by atoms with Crippen molar-refractivity contribution in [2.24, 2.45) is 0 Å². The Hall–Kier alpha value is -1.77. The predicted octanol–water partition coefficient (Wildman–Crippen LogP) is 2.22. The number of carbonyl (C=O) groups is 1. The van der Waals surface area contributed by atoms with Gasteiger partial charge in [0, 0.05) is 0 Å². The van der Waals surface area contributed by atoms with Gasteiger partial charge in [0.2, 0.25) is 0 Å². The molecule has 12 heavy (non-hydrogen) atoms. The number of ether oxygens (including phenoxy) is 1. The Labute approximate surface area is 69.9 Å². The lowest BCUT2D eigenvalue weighted by molar-refractivity contribution is 0.102. The zero-order valence-electron chi connectivity index (χ0n) is 6.27. The summed E-state index contributed by atoms with van der Waals surface area (Å²) in [7, 11) is 0. The third-order valence-corrected chi connectivity index (χ3v) is 1.22. The van der Waals surface area contributed by atoms with Gasteiger partial charge in [0.15, 0.2) is 0 Å². The van der Waals surface area contributed by atoms with E-state index in [1.54, 1.807) is 0 Å². The van der Waals surface area contributed by atoms with Crippen molar-refractivity contribution in [2.45, 2.75) is 0 Å². The molecule has 61 valence electrons. The molecule has 0 unspecified atom stereocenters. The van der Waals surface area contributed by atoms with Gasteiger partial charge in [0.25, 0.3) is 0 Å². The first kappa shape index (κ1) is 8.33. The summed E-state index contributed by atoms with van der Waals surface area (Å²) >= 11 is 0. The van der Waals surface area contributed by atoms with Crippen LogP contribution in [0, 0.1) is 0 Å². The summed E-state index contributed by atoms with van der Waals surface area (Å²) in [5.41, 5.74) is 0.874. The zero-order chi connectivity index (χ0) is 8.81. The van der Waals surface area contributed by atoms with Crippen molar-refractivity contribution in [2.75, 3.05) is 0 Å². The van der Waals surface area contributed by atoms with Gasteiger partial charge in [-0.3, -0.25) is 0 Å². The third-order valence-electron chi connectivity index (χ3n) is 1.22. The van der Waals surface area contributed by atoms with E-state index in [1.165, 1.54) is 6.08 Å². The highest BCUT2D eigenvalue weighted by Crippen LogP contribution is 2.00. The SMILES string of the molecule is [O]C(=O)OC=Cc1ccccc1. The standard InChI is InChI=1S/C9H7O3/c10-9(11)12-7-6-8-4-2-1-3-5-8/h1-7H. The van der Waals surface area contributed by atoms with E-state index >= 15 is 0 Å². The monoisotopic (exact) mass is 163 g/mol. The molecule has 0 aromatic heterocycles. The van der Waals surface area contributed by atoms with Crippen LogP contribution >= 0.6 is 0 Å². The normalized spacial score (nSPS) is 10.0. The maximum absolute atomic E-state index is 9.80. The van der Waals surface area contributed by atoms with Gasteiger partial charge >= 0.3 is 6.16 Å². The van der Waals surface area contributed by atoms with Gasteiger partial charge in [0.05, 0.1) is 6.26 Å². The highest BCUT2D eigenvalue weighted by atomic mass is 16.7. The van der Waals surface area contributed by atoms with Crippen LogP contribution in [0.15, 0.2) is 36.6 Å². The van der Waals surface area contributed by atoms with Crippen LogP contribution in [-0.4, -0.2) is 6.16 Å². The fourth-order valence-electron chi connectivity index (χ4n) is 0.732. The third kappa shape index (κ3) is 2.88. The van der Waals surface area contributed by atoms with Crippen LogP contribution in [0.5, 0.6) is 0 Å². The van der Waals surface area contributed by atoms with Gasteiger partial charge in [0.1, 0.15) is 0 Å². The molecule has 0 amide bonds. The Morgan fingerprint density at radius 3 is 2.50 bits per heavy atom. The molecule has 3 heteroatoms. The second-order valence-electron chi connectivity index (χ2n) is 2.08. The molecule has 0 heterocycles. The van der Waals surface area contributed by atoms with E-state index in [1.807, 2.05) is 30.3 Å². The van der Waals surface area contributed by atoms with Crippen molar-refractivity contribution in [3.8, 4) is 0 Å². The van der Waals surface area contributed by atoms with Crippen LogP contribution in [0.25, 0.3) is 6.08 Å². The molecule has 0 fully saturated rings. The lowest BCUT2D eigenvalue weighted by Crippen LogP contribution is -1.88. The number of hydrogen-bond acceptors (Lipinski definition) is 2. The van der Waals surface area contributed by atoms with Gasteiger partial charge in [-0.1, -0.05) is 30.3 Å². The summed E-state index contributed by atoms with van der Waals surface area (Å²) in [5.74, 6) is 0. The molecule has 0 aliphatic carbocycles. The van der Waals surface area contributed by atoms with E-state index in [4.69, 9.17) is 0 Å². The highest BCUT2D eigenvalue weighted by Gasteiger charge is 1.92. The first-order valence-corrected chi connectivity index (χ1v) is 3.38. The average Bonchev–Trinajstić information content (AvgIpc) is 2.05. The molecule has 1 aromatic carbocycles. The maximum atomic E-state index is 9.80. The van der Waals surface area contributed by atoms with Crippen molar-refractivity contribution in [3.63, 3.8) is 0 Å². The minimum absolute atomic E-state index is 0.874. The van der Waals surface area contributed by atoms with Crippen LogP contribution in [0.3, 0.4) is 0 Å². The summed E-state index contributed by atoms with van der Waals surface area (Å²) in [6.07, 6.45) is 1.06. The Balaban J connectivity index is 2.52. The molecule has 0 bridgehead atoms. The zero-order valence-corrected chi connectivity index (χ0v) is 6.27. The summed E-state index contributed by atoms with van der Waals surface area (Å²) in [6, 6.07) is 9.22. The van der Waals surface area contributed by atoms with Gasteiger partial charge in [-0.05, 0) is 11.6 Å². The van der Waals surface area contributed by atoms with Crippen LogP contribution < -0.4 is 0 Å². The number of benzene rings is 1. The molecule has 0 aliphatic heterocycles. The predicted molar refractivity (Wildman–Crippen MR) is 42.6 cm³/mol. The fraction of sp³-hybridized carbons (Fsp3) is 0. The molecule has 0 N–H and O–H groups in total. The van der Waals surface area contributed by atoms with Gasteiger partial charge in [-0.25, -0.2) is 0 Å². The molecule has 1 radical (unpaired) electrons. The molecule has 1 rings (SSSR count). The van der Waals surface area contributed by atoms with Crippen molar-refractivity contribution < 1.29 is 14.6 Å². The molecule has 1 aromatic rings. The first-order chi connectivity index (χ1) is 5.79. The molecular weight excluding hydrogens is 156 g/mol. The summed E-state index contributed by atoms with van der Waals surface area (Å²) in [4.78, 5) is 9.80. The Kier molecular flexibility index (Phi) is 2.90. The largest absolute Gasteiger partial charge is 0.555 e. The molecule has 0 saturated carbocycles. The van der Waals surface area contributed by atoms with Gasteiger partial charge < -0.3 is 4.74 Å². The topological polar surface area (TPSA) is 46.2 Å². The van der Waals surface area contributed by atoms with Crippen LogP contribution in [0.1, 0.15) is 5.56 Å². The lowest BCUT2D eigenvalue weighted by atomic mass is 10.2. The van der Waals surface area contributed by atoms with E-state index in [2.05, 4.69) is 4.74 Å². The van der Waals surface area contributed by atoms with Crippen molar-refractivity contribution in [1.29, 1.82) is 0 Å². The minimum Gasteiger partial charge on any atom is -0.400 e. The lowest BCUT2D eigenvalue weighted by Gasteiger charge is -1.89. The Morgan fingerprint density at radius 1 is 1.25 bits per heavy atom. The summed E-state index contributed by atoms with van der Waals surface area (Å²) in [5, 5.41) is 9.80. The number of rotatable bonds is 2. The van der Waals surface area contributed by atoms with Crippen molar-refractivity contribution >= 4 is 12.2 Å². The van der Waals surface area contributed by atoms with Crippen LogP contribution in [0.4, 0.5) is 4.79 Å². The van der Waals surface area contributed by atoms with E-state index < -0.39 is 6.16 Å². The van der Waals surface area contributed by atoms with E-state index in [-0.39, 0.29) is 0 Å². The first-order valence-electron chi connectivity index (χ1n) is 3.38. The molecule has 0 aliphatic rings.